The molecule has 2 radical (unpaired) electrons. The third-order valence-electron chi connectivity index (χ3n) is 0.295. The van der Waals surface area contributed by atoms with Gasteiger partial charge in [0.25, 0.3) is 0 Å². The maximum atomic E-state index is 3.36. The van der Waals surface area contributed by atoms with E-state index in [0.29, 0.717) is 0 Å². The summed E-state index contributed by atoms with van der Waals surface area (Å²) in [6.45, 7) is 0. The number of nitrogens with zero attached hydrogens (tertiary/aromatic N) is 2. The number of hydrogen-bond acceptors (Lipinski definition) is 3. The van der Waals surface area contributed by atoms with Gasteiger partial charge in [-0.2, -0.15) is 0 Å². The highest BCUT2D eigenvalue weighted by molar-refractivity contribution is 5.77. The molecule has 0 amide bonds. The van der Waals surface area contributed by atoms with Gasteiger partial charge in [-0.15, -0.1) is 0 Å². The van der Waals surface area contributed by atoms with Crippen LogP contribution in [0.3, 0.4) is 0 Å². The number of hydrogen-bond donors (Lipinski definition) is 1. The van der Waals surface area contributed by atoms with E-state index in [1.807, 2.05) is 0 Å². The lowest BCUT2D eigenvalue weighted by atomic mass is 11.2. The van der Waals surface area contributed by atoms with E-state index in [0.717, 1.165) is 0 Å². The monoisotopic (exact) mass is 68.0 g/mol. The average molecular weight is 68.1 g/mol. The Morgan fingerprint density at radius 1 is 2.00 bits per heavy atom. The van der Waals surface area contributed by atoms with E-state index < -0.39 is 0 Å². The van der Waals surface area contributed by atoms with Crippen LogP contribution in [-0.4, -0.2) is 12.7 Å². The molecule has 0 atom stereocenters. The molecule has 0 bridgehead atoms. The molecule has 1 aliphatic rings. The fraction of sp³-hybridized carbons (Fsp3) is 0. The summed E-state index contributed by atoms with van der Waals surface area (Å²) in [5.41, 5.74) is 0. The van der Waals surface area contributed by atoms with E-state index in [1.54, 1.807) is 0 Å². The Bertz CT molecular complexity index is 63.0. The van der Waals surface area contributed by atoms with Crippen LogP contribution in [0.25, 0.3) is 0 Å². The van der Waals surface area contributed by atoms with Gasteiger partial charge in [0.05, 0.1) is 5.10 Å². The van der Waals surface area contributed by atoms with Gasteiger partial charge in [-0.1, -0.05) is 0 Å². The van der Waals surface area contributed by atoms with Crippen molar-refractivity contribution in [1.29, 1.82) is 0 Å². The van der Waals surface area contributed by atoms with Gasteiger partial charge in [0, 0.05) is 5.10 Å². The average Bonchev–Trinajstić information content (AvgIpc) is 1.76. The molecular formula is C2H2N3+. The standard InChI is InChI=1S/C2H2N3/c1-3-2-5-4-1/h1H,(H,3,5)/q+1. The molecule has 1 rings (SSSR count). The summed E-state index contributed by atoms with van der Waals surface area (Å²) in [5, 5.41) is 9.17. The van der Waals surface area contributed by atoms with Crippen LogP contribution in [-0.2, 0) is 0 Å². The SMILES string of the molecule is [C]1=N[N+]=CN1. The molecule has 0 aromatic rings. The fourth-order valence-corrected chi connectivity index (χ4v) is 0.144. The Balaban J connectivity index is 2.61. The molecule has 3 heteroatoms. The second-order valence-corrected chi connectivity index (χ2v) is 0.601. The molecule has 0 aromatic heterocycles. The van der Waals surface area contributed by atoms with E-state index in [2.05, 4.69) is 21.9 Å². The fourth-order valence-electron chi connectivity index (χ4n) is 0.144. The van der Waals surface area contributed by atoms with Crippen LogP contribution in [0.2, 0.25) is 0 Å². The van der Waals surface area contributed by atoms with Crippen LogP contribution in [0.4, 0.5) is 0 Å². The second-order valence-electron chi connectivity index (χ2n) is 0.601. The lowest BCUT2D eigenvalue weighted by molar-refractivity contribution is 1.14. The van der Waals surface area contributed by atoms with Crippen molar-refractivity contribution < 1.29 is 0 Å². The topological polar surface area (TPSA) is 38.5 Å². The summed E-state index contributed by atoms with van der Waals surface area (Å²) >= 11 is 0. The Morgan fingerprint density at radius 3 is 3.20 bits per heavy atom. The van der Waals surface area contributed by atoms with E-state index >= 15 is 0 Å². The van der Waals surface area contributed by atoms with Gasteiger partial charge in [-0.3, -0.25) is 0 Å². The van der Waals surface area contributed by atoms with Crippen molar-refractivity contribution in [3.63, 3.8) is 0 Å². The Labute approximate surface area is 29.4 Å². The van der Waals surface area contributed by atoms with E-state index in [4.69, 9.17) is 0 Å². The molecule has 0 aliphatic carbocycles. The smallest absolute Gasteiger partial charge is 0.217 e. The molecule has 0 saturated carbocycles. The first kappa shape index (κ1) is 2.38. The highest BCUT2D eigenvalue weighted by Gasteiger charge is 1.88. The molecule has 3 nitrogen and oxygen atoms in total. The predicted molar refractivity (Wildman–Crippen MR) is 18.8 cm³/mol. The first-order valence-corrected chi connectivity index (χ1v) is 1.22. The van der Waals surface area contributed by atoms with Crippen molar-refractivity contribution in [1.82, 2.24) is 10.4 Å². The van der Waals surface area contributed by atoms with Gasteiger partial charge >= 0.3 is 12.7 Å². The van der Waals surface area contributed by atoms with Crippen molar-refractivity contribution in [2.45, 2.75) is 0 Å². The lowest BCUT2D eigenvalue weighted by Gasteiger charge is -1.47. The third kappa shape index (κ3) is 0.238. The molecule has 0 fully saturated rings. The van der Waals surface area contributed by atoms with Gasteiger partial charge in [0.15, 0.2) is 0 Å². The Morgan fingerprint density at radius 2 is 3.00 bits per heavy atom. The van der Waals surface area contributed by atoms with Crippen LogP contribution in [0.5, 0.6) is 0 Å². The predicted octanol–water partition coefficient (Wildman–Crippen LogP) is -1.23. The lowest BCUT2D eigenvalue weighted by Crippen LogP contribution is -2.01. The van der Waals surface area contributed by atoms with Crippen LogP contribution in [0.1, 0.15) is 0 Å². The van der Waals surface area contributed by atoms with E-state index in [1.165, 1.54) is 6.34 Å². The molecular weight excluding hydrogens is 66.0 g/mol. The van der Waals surface area contributed by atoms with Crippen molar-refractivity contribution in [3.05, 3.63) is 0 Å². The molecule has 24 valence electrons. The summed E-state index contributed by atoms with van der Waals surface area (Å²) in [4.78, 5) is 0. The second kappa shape index (κ2) is 0.839. The zero-order valence-corrected chi connectivity index (χ0v) is 2.47. The maximum Gasteiger partial charge on any atom is 0.333 e. The Kier molecular flexibility index (Phi) is 0.400. The summed E-state index contributed by atoms with van der Waals surface area (Å²) in [5.74, 6) is 0. The highest BCUT2D eigenvalue weighted by atomic mass is 15.3. The molecule has 0 unspecified atom stereocenters. The zero-order valence-electron chi connectivity index (χ0n) is 2.47. The van der Waals surface area contributed by atoms with Crippen LogP contribution in [0.15, 0.2) is 5.10 Å². The van der Waals surface area contributed by atoms with Crippen molar-refractivity contribution in [2.75, 3.05) is 0 Å². The van der Waals surface area contributed by atoms with Gasteiger partial charge in [-0.25, -0.2) is 5.32 Å². The minimum Gasteiger partial charge on any atom is -0.217 e. The van der Waals surface area contributed by atoms with Crippen molar-refractivity contribution in [2.24, 2.45) is 5.10 Å². The molecule has 1 N–H and O–H groups in total. The normalized spacial score (nSPS) is 16.0. The first-order chi connectivity index (χ1) is 2.50. The first-order valence-electron chi connectivity index (χ1n) is 1.22. The summed E-state index contributed by atoms with van der Waals surface area (Å²) in [7, 11) is 0. The minimum absolute atomic E-state index is 1.46. The van der Waals surface area contributed by atoms with Gasteiger partial charge in [0.2, 0.25) is 0 Å². The Hall–Kier alpha value is -0.860. The van der Waals surface area contributed by atoms with Gasteiger partial charge < -0.3 is 0 Å². The molecule has 1 aliphatic heterocycles. The zero-order chi connectivity index (χ0) is 3.54. The van der Waals surface area contributed by atoms with Crippen molar-refractivity contribution >= 4 is 12.7 Å². The maximum absolute atomic E-state index is 3.36. The third-order valence-corrected chi connectivity index (χ3v) is 0.295. The van der Waals surface area contributed by atoms with E-state index in [-0.39, 0.29) is 0 Å². The molecule has 1 heterocycles. The molecule has 0 spiro atoms. The minimum atomic E-state index is 1.46. The van der Waals surface area contributed by atoms with Crippen molar-refractivity contribution in [3.8, 4) is 0 Å². The highest BCUT2D eigenvalue weighted by Crippen LogP contribution is 1.49. The largest absolute Gasteiger partial charge is 0.333 e. The number of nitrogens with one attached hydrogen (secondary N) is 1. The summed E-state index contributed by atoms with van der Waals surface area (Å²) in [6.07, 6.45) is 3.83. The molecule has 0 saturated heterocycles. The molecule has 5 heavy (non-hydrogen) atoms. The summed E-state index contributed by atoms with van der Waals surface area (Å²) in [6, 6.07) is 0. The number of rotatable bonds is 0. The molecule has 0 aromatic carbocycles. The van der Waals surface area contributed by atoms with Crippen LogP contribution < -0.4 is 10.4 Å². The quantitative estimate of drug-likeness (QED) is 0.379. The van der Waals surface area contributed by atoms with Gasteiger partial charge in [0.1, 0.15) is 0 Å². The van der Waals surface area contributed by atoms with Crippen LogP contribution >= 0.6 is 0 Å². The van der Waals surface area contributed by atoms with Crippen LogP contribution in [0, 0.1) is 0 Å². The van der Waals surface area contributed by atoms with Gasteiger partial charge in [-0.05, 0) is 0 Å². The van der Waals surface area contributed by atoms with E-state index in [9.17, 15) is 0 Å². The summed E-state index contributed by atoms with van der Waals surface area (Å²) < 4.78 is 0.